The number of hydrogen-bond donors (Lipinski definition) is 1. The second-order valence-corrected chi connectivity index (χ2v) is 3.46. The molecule has 2 rings (SSSR count). The van der Waals surface area contributed by atoms with Crippen molar-refractivity contribution in [3.8, 4) is 23.7 Å². The van der Waals surface area contributed by atoms with Gasteiger partial charge in [-0.25, -0.2) is 0 Å². The Morgan fingerprint density at radius 2 is 1.65 bits per heavy atom. The van der Waals surface area contributed by atoms with Gasteiger partial charge >= 0.3 is 0 Å². The second-order valence-electron chi connectivity index (χ2n) is 3.46. The van der Waals surface area contributed by atoms with Crippen molar-refractivity contribution in [3.05, 3.63) is 65.2 Å². The molecular weight excluding hydrogens is 210 g/mol. The van der Waals surface area contributed by atoms with Crippen LogP contribution < -0.4 is 0 Å². The Morgan fingerprint density at radius 3 is 2.35 bits per heavy atom. The summed E-state index contributed by atoms with van der Waals surface area (Å²) < 4.78 is 0. The van der Waals surface area contributed by atoms with E-state index < -0.39 is 0 Å². The lowest BCUT2D eigenvalue weighted by atomic mass is 10.1. The molecule has 17 heavy (non-hydrogen) atoms. The summed E-state index contributed by atoms with van der Waals surface area (Å²) in [7, 11) is 0. The molecule has 0 amide bonds. The van der Waals surface area contributed by atoms with Crippen LogP contribution in [0.25, 0.3) is 0 Å². The molecule has 2 aromatic carbocycles. The predicted molar refractivity (Wildman–Crippen MR) is 65.2 cm³/mol. The molecule has 0 spiro atoms. The normalized spacial score (nSPS) is 8.88. The lowest BCUT2D eigenvalue weighted by Gasteiger charge is -1.96. The van der Waals surface area contributed by atoms with E-state index in [-0.39, 0.29) is 5.75 Å². The number of rotatable bonds is 0. The number of phenols is 1. The van der Waals surface area contributed by atoms with Crippen molar-refractivity contribution < 1.29 is 5.11 Å². The molecule has 0 radical (unpaired) electrons. The monoisotopic (exact) mass is 219 g/mol. The fraction of sp³-hybridized carbons (Fsp3) is 0. The zero-order chi connectivity index (χ0) is 12.1. The summed E-state index contributed by atoms with van der Waals surface area (Å²) in [5.41, 5.74) is 1.82. The number of phenolic OH excluding ortho intramolecular Hbond substituents is 1. The van der Waals surface area contributed by atoms with Crippen molar-refractivity contribution in [3.63, 3.8) is 0 Å². The summed E-state index contributed by atoms with van der Waals surface area (Å²) in [4.78, 5) is 0. The maximum Gasteiger partial charge on any atom is 0.131 e. The fourth-order valence-corrected chi connectivity index (χ4v) is 1.37. The lowest BCUT2D eigenvalue weighted by Crippen LogP contribution is -1.80. The average Bonchev–Trinajstić information content (AvgIpc) is 2.39. The van der Waals surface area contributed by atoms with E-state index in [1.807, 2.05) is 36.4 Å². The number of aromatic hydroxyl groups is 1. The Bertz CT molecular complexity index is 627. The molecule has 80 valence electrons. The van der Waals surface area contributed by atoms with Crippen molar-refractivity contribution in [1.82, 2.24) is 0 Å². The molecular formula is C15H9NO. The first kappa shape index (κ1) is 10.8. The molecule has 0 heterocycles. The van der Waals surface area contributed by atoms with Crippen LogP contribution in [-0.2, 0) is 0 Å². The highest BCUT2D eigenvalue weighted by Gasteiger charge is 1.98. The molecule has 0 aliphatic heterocycles. The van der Waals surface area contributed by atoms with Crippen LogP contribution in [0.1, 0.15) is 16.7 Å². The van der Waals surface area contributed by atoms with Gasteiger partial charge in [-0.3, -0.25) is 0 Å². The Balaban J connectivity index is 2.37. The van der Waals surface area contributed by atoms with Gasteiger partial charge in [0.2, 0.25) is 0 Å². The Labute approximate surface area is 99.8 Å². The van der Waals surface area contributed by atoms with E-state index >= 15 is 0 Å². The second kappa shape index (κ2) is 4.88. The largest absolute Gasteiger partial charge is 0.507 e. The molecule has 0 saturated carbocycles. The van der Waals surface area contributed by atoms with Crippen LogP contribution in [0.5, 0.6) is 5.75 Å². The van der Waals surface area contributed by atoms with E-state index in [0.717, 1.165) is 5.56 Å². The quantitative estimate of drug-likeness (QED) is 0.692. The van der Waals surface area contributed by atoms with Crippen LogP contribution in [-0.4, -0.2) is 5.11 Å². The van der Waals surface area contributed by atoms with Gasteiger partial charge in [0, 0.05) is 5.56 Å². The van der Waals surface area contributed by atoms with Gasteiger partial charge in [-0.1, -0.05) is 30.0 Å². The topological polar surface area (TPSA) is 44.0 Å². The van der Waals surface area contributed by atoms with Gasteiger partial charge < -0.3 is 5.11 Å². The number of nitriles is 1. The summed E-state index contributed by atoms with van der Waals surface area (Å²) in [6.07, 6.45) is 0. The molecule has 0 aliphatic rings. The molecule has 1 N–H and O–H groups in total. The maximum atomic E-state index is 9.60. The highest BCUT2D eigenvalue weighted by atomic mass is 16.3. The first-order chi connectivity index (χ1) is 8.29. The molecule has 2 heteroatoms. The summed E-state index contributed by atoms with van der Waals surface area (Å²) in [6.45, 7) is 0. The standard InChI is InChI=1S/C15H9NO/c16-11-13-7-9-15(17)14(10-13)8-6-12-4-2-1-3-5-12/h1-5,7,9-10,17H. The van der Waals surface area contributed by atoms with E-state index in [4.69, 9.17) is 5.26 Å². The molecule has 0 bridgehead atoms. The van der Waals surface area contributed by atoms with Crippen LogP contribution in [0, 0.1) is 23.2 Å². The van der Waals surface area contributed by atoms with Gasteiger partial charge in [-0.15, -0.1) is 0 Å². The minimum Gasteiger partial charge on any atom is -0.507 e. The van der Waals surface area contributed by atoms with Crippen LogP contribution in [0.4, 0.5) is 0 Å². The molecule has 2 aromatic rings. The Hall–Kier alpha value is -2.71. The van der Waals surface area contributed by atoms with Gasteiger partial charge in [-0.2, -0.15) is 5.26 Å². The van der Waals surface area contributed by atoms with Crippen LogP contribution in [0.2, 0.25) is 0 Å². The molecule has 0 fully saturated rings. The van der Waals surface area contributed by atoms with Crippen LogP contribution in [0.15, 0.2) is 48.5 Å². The highest BCUT2D eigenvalue weighted by molar-refractivity contribution is 5.52. The average molecular weight is 219 g/mol. The first-order valence-corrected chi connectivity index (χ1v) is 5.10. The summed E-state index contributed by atoms with van der Waals surface area (Å²) in [6, 6.07) is 16.1. The summed E-state index contributed by atoms with van der Waals surface area (Å²) >= 11 is 0. The minimum absolute atomic E-state index is 0.0902. The van der Waals surface area contributed by atoms with E-state index in [0.29, 0.717) is 11.1 Å². The van der Waals surface area contributed by atoms with Gasteiger partial charge in [-0.05, 0) is 30.3 Å². The predicted octanol–water partition coefficient (Wildman–Crippen LogP) is 2.66. The highest BCUT2D eigenvalue weighted by Crippen LogP contribution is 2.16. The number of nitrogens with zero attached hydrogens (tertiary/aromatic N) is 1. The number of benzene rings is 2. The minimum atomic E-state index is 0.0902. The smallest absolute Gasteiger partial charge is 0.131 e. The van der Waals surface area contributed by atoms with E-state index in [2.05, 4.69) is 11.8 Å². The molecule has 0 atom stereocenters. The van der Waals surface area contributed by atoms with Gasteiger partial charge in [0.25, 0.3) is 0 Å². The summed E-state index contributed by atoms with van der Waals surface area (Å²) in [5, 5.41) is 18.4. The van der Waals surface area contributed by atoms with Crippen LogP contribution in [0.3, 0.4) is 0 Å². The third-order valence-electron chi connectivity index (χ3n) is 2.24. The van der Waals surface area contributed by atoms with E-state index in [1.165, 1.54) is 6.07 Å². The van der Waals surface area contributed by atoms with E-state index in [9.17, 15) is 5.11 Å². The maximum absolute atomic E-state index is 9.60. The van der Waals surface area contributed by atoms with Gasteiger partial charge in [0.05, 0.1) is 17.2 Å². The van der Waals surface area contributed by atoms with Crippen molar-refractivity contribution in [2.45, 2.75) is 0 Å². The van der Waals surface area contributed by atoms with Crippen molar-refractivity contribution in [1.29, 1.82) is 5.26 Å². The molecule has 0 saturated heterocycles. The zero-order valence-corrected chi connectivity index (χ0v) is 9.01. The van der Waals surface area contributed by atoms with Crippen molar-refractivity contribution in [2.75, 3.05) is 0 Å². The Kier molecular flexibility index (Phi) is 3.10. The SMILES string of the molecule is N#Cc1ccc(O)c(C#Cc2ccccc2)c1. The van der Waals surface area contributed by atoms with Crippen molar-refractivity contribution >= 4 is 0 Å². The van der Waals surface area contributed by atoms with Gasteiger partial charge in [0.15, 0.2) is 0 Å². The molecule has 0 unspecified atom stereocenters. The van der Waals surface area contributed by atoms with Crippen molar-refractivity contribution in [2.24, 2.45) is 0 Å². The first-order valence-electron chi connectivity index (χ1n) is 5.10. The van der Waals surface area contributed by atoms with Gasteiger partial charge in [0.1, 0.15) is 5.75 Å². The van der Waals surface area contributed by atoms with E-state index in [1.54, 1.807) is 12.1 Å². The fourth-order valence-electron chi connectivity index (χ4n) is 1.37. The molecule has 0 aromatic heterocycles. The molecule has 2 nitrogen and oxygen atoms in total. The third-order valence-corrected chi connectivity index (χ3v) is 2.24. The number of hydrogen-bond acceptors (Lipinski definition) is 2. The summed E-state index contributed by atoms with van der Waals surface area (Å²) in [5.74, 6) is 5.88. The Morgan fingerprint density at radius 1 is 0.882 bits per heavy atom. The lowest BCUT2D eigenvalue weighted by molar-refractivity contribution is 0.473. The zero-order valence-electron chi connectivity index (χ0n) is 9.01. The molecule has 0 aliphatic carbocycles. The van der Waals surface area contributed by atoms with Crippen LogP contribution >= 0.6 is 0 Å². The third kappa shape index (κ3) is 2.65.